The topological polar surface area (TPSA) is 66.0 Å². The maximum atomic E-state index is 5.71. The van der Waals surface area contributed by atoms with Gasteiger partial charge >= 0.3 is 0 Å². The van der Waals surface area contributed by atoms with E-state index in [9.17, 15) is 0 Å². The van der Waals surface area contributed by atoms with Gasteiger partial charge in [-0.1, -0.05) is 19.9 Å². The van der Waals surface area contributed by atoms with Gasteiger partial charge in [0, 0.05) is 24.9 Å². The van der Waals surface area contributed by atoms with Gasteiger partial charge in [-0.05, 0) is 17.7 Å². The molecule has 0 saturated heterocycles. The summed E-state index contributed by atoms with van der Waals surface area (Å²) in [5.41, 5.74) is 7.88. The first-order valence-corrected chi connectivity index (χ1v) is 7.00. The predicted octanol–water partition coefficient (Wildman–Crippen LogP) is 1.92. The van der Waals surface area contributed by atoms with Gasteiger partial charge in [0.25, 0.3) is 0 Å². The van der Waals surface area contributed by atoms with Crippen LogP contribution in [-0.2, 0) is 25.9 Å². The summed E-state index contributed by atoms with van der Waals surface area (Å²) in [5, 5.41) is 4.54. The molecular formula is C15H22N4O. The summed E-state index contributed by atoms with van der Waals surface area (Å²) in [6.07, 6.45) is 1.71. The van der Waals surface area contributed by atoms with Gasteiger partial charge in [0.15, 0.2) is 5.82 Å². The highest BCUT2D eigenvalue weighted by molar-refractivity contribution is 5.37. The average molecular weight is 274 g/mol. The van der Waals surface area contributed by atoms with Crippen molar-refractivity contribution in [2.24, 2.45) is 5.73 Å². The maximum Gasteiger partial charge on any atom is 0.150 e. The Labute approximate surface area is 119 Å². The molecule has 108 valence electrons. The van der Waals surface area contributed by atoms with E-state index in [2.05, 4.69) is 30.0 Å². The van der Waals surface area contributed by atoms with Crippen molar-refractivity contribution in [2.75, 3.05) is 7.11 Å². The van der Waals surface area contributed by atoms with Gasteiger partial charge in [0.2, 0.25) is 0 Å². The molecule has 1 aromatic heterocycles. The third-order valence-corrected chi connectivity index (χ3v) is 3.33. The fourth-order valence-electron chi connectivity index (χ4n) is 2.21. The lowest BCUT2D eigenvalue weighted by atomic mass is 10.1. The average Bonchev–Trinajstić information content (AvgIpc) is 2.89. The minimum absolute atomic E-state index is 0.523. The summed E-state index contributed by atoms with van der Waals surface area (Å²) in [4.78, 5) is 4.53. The molecule has 0 aliphatic carbocycles. The molecule has 2 aromatic rings. The second kappa shape index (κ2) is 6.52. The number of nitrogens with zero attached hydrogens (tertiary/aromatic N) is 3. The first-order chi connectivity index (χ1) is 9.71. The normalized spacial score (nSPS) is 10.8. The molecule has 0 unspecified atom stereocenters. The summed E-state index contributed by atoms with van der Waals surface area (Å²) >= 11 is 0. The zero-order valence-corrected chi connectivity index (χ0v) is 12.4. The van der Waals surface area contributed by atoms with Gasteiger partial charge in [-0.25, -0.2) is 9.67 Å². The minimum atomic E-state index is 0.523. The fraction of sp³-hybridized carbons (Fsp3) is 0.467. The smallest absolute Gasteiger partial charge is 0.150 e. The van der Waals surface area contributed by atoms with Crippen LogP contribution in [-0.4, -0.2) is 21.9 Å². The van der Waals surface area contributed by atoms with Crippen LogP contribution in [0.5, 0.6) is 5.75 Å². The molecule has 0 amide bonds. The largest absolute Gasteiger partial charge is 0.496 e. The van der Waals surface area contributed by atoms with Crippen LogP contribution in [0.15, 0.2) is 18.2 Å². The lowest BCUT2D eigenvalue weighted by Crippen LogP contribution is -2.08. The third kappa shape index (κ3) is 2.99. The highest BCUT2D eigenvalue weighted by atomic mass is 16.5. The van der Waals surface area contributed by atoms with E-state index in [1.54, 1.807) is 7.11 Å². The Bertz CT molecular complexity index is 577. The highest BCUT2D eigenvalue weighted by Gasteiger charge is 2.11. The Morgan fingerprint density at radius 3 is 2.65 bits per heavy atom. The molecule has 0 spiro atoms. The molecule has 1 aromatic carbocycles. The van der Waals surface area contributed by atoms with Crippen molar-refractivity contribution >= 4 is 0 Å². The Morgan fingerprint density at radius 1 is 1.25 bits per heavy atom. The summed E-state index contributed by atoms with van der Waals surface area (Å²) in [7, 11) is 1.68. The van der Waals surface area contributed by atoms with E-state index in [1.807, 2.05) is 16.8 Å². The Balaban J connectivity index is 2.35. The Kier molecular flexibility index (Phi) is 4.74. The van der Waals surface area contributed by atoms with Crippen LogP contribution < -0.4 is 10.5 Å². The molecule has 0 bridgehead atoms. The SMILES string of the molecule is CCc1nc(CC)n(Cc2cc(CN)ccc2OC)n1. The second-order valence-corrected chi connectivity index (χ2v) is 4.66. The van der Waals surface area contributed by atoms with Gasteiger partial charge in [-0.2, -0.15) is 5.10 Å². The predicted molar refractivity (Wildman–Crippen MR) is 78.8 cm³/mol. The van der Waals surface area contributed by atoms with Crippen molar-refractivity contribution in [2.45, 2.75) is 39.8 Å². The number of aromatic nitrogens is 3. The van der Waals surface area contributed by atoms with Gasteiger partial charge in [0.05, 0.1) is 13.7 Å². The molecule has 1 heterocycles. The molecule has 0 saturated carbocycles. The second-order valence-electron chi connectivity index (χ2n) is 4.66. The Morgan fingerprint density at radius 2 is 2.05 bits per heavy atom. The van der Waals surface area contributed by atoms with E-state index in [0.717, 1.165) is 41.4 Å². The maximum absolute atomic E-state index is 5.71. The van der Waals surface area contributed by atoms with Crippen LogP contribution in [0.4, 0.5) is 0 Å². The first-order valence-electron chi connectivity index (χ1n) is 7.00. The van der Waals surface area contributed by atoms with Crippen LogP contribution in [0.25, 0.3) is 0 Å². The van der Waals surface area contributed by atoms with Crippen molar-refractivity contribution in [3.63, 3.8) is 0 Å². The number of hydrogen-bond acceptors (Lipinski definition) is 4. The number of benzene rings is 1. The van der Waals surface area contributed by atoms with Gasteiger partial charge < -0.3 is 10.5 Å². The fourth-order valence-corrected chi connectivity index (χ4v) is 2.21. The number of methoxy groups -OCH3 is 1. The summed E-state index contributed by atoms with van der Waals surface area (Å²) < 4.78 is 7.38. The summed E-state index contributed by atoms with van der Waals surface area (Å²) in [6.45, 7) is 5.34. The molecule has 5 nitrogen and oxygen atoms in total. The lowest BCUT2D eigenvalue weighted by molar-refractivity contribution is 0.406. The van der Waals surface area contributed by atoms with Crippen molar-refractivity contribution in [1.82, 2.24) is 14.8 Å². The molecule has 0 radical (unpaired) electrons. The minimum Gasteiger partial charge on any atom is -0.496 e. The molecule has 20 heavy (non-hydrogen) atoms. The van der Waals surface area contributed by atoms with Crippen LogP contribution in [0.1, 0.15) is 36.6 Å². The van der Waals surface area contributed by atoms with Gasteiger partial charge in [0.1, 0.15) is 11.6 Å². The van der Waals surface area contributed by atoms with Crippen LogP contribution in [0, 0.1) is 0 Å². The van der Waals surface area contributed by atoms with Crippen molar-refractivity contribution in [3.8, 4) is 5.75 Å². The molecule has 0 atom stereocenters. The van der Waals surface area contributed by atoms with E-state index in [4.69, 9.17) is 10.5 Å². The highest BCUT2D eigenvalue weighted by Crippen LogP contribution is 2.21. The van der Waals surface area contributed by atoms with Crippen molar-refractivity contribution in [1.29, 1.82) is 0 Å². The number of nitrogens with two attached hydrogens (primary N) is 1. The van der Waals surface area contributed by atoms with E-state index in [-0.39, 0.29) is 0 Å². The Hall–Kier alpha value is -1.88. The quantitative estimate of drug-likeness (QED) is 0.874. The van der Waals surface area contributed by atoms with Gasteiger partial charge in [-0.15, -0.1) is 0 Å². The van der Waals surface area contributed by atoms with Gasteiger partial charge in [-0.3, -0.25) is 0 Å². The van der Waals surface area contributed by atoms with Crippen molar-refractivity contribution < 1.29 is 4.74 Å². The molecule has 0 fully saturated rings. The monoisotopic (exact) mass is 274 g/mol. The standard InChI is InChI=1S/C15H22N4O/c1-4-14-17-15(5-2)19(18-14)10-12-8-11(9-16)6-7-13(12)20-3/h6-8H,4-5,9-10,16H2,1-3H3. The first kappa shape index (κ1) is 14.5. The molecule has 0 aliphatic rings. The van der Waals surface area contributed by atoms with Crippen LogP contribution in [0.2, 0.25) is 0 Å². The van der Waals surface area contributed by atoms with E-state index >= 15 is 0 Å². The van der Waals surface area contributed by atoms with Crippen LogP contribution in [0.3, 0.4) is 0 Å². The lowest BCUT2D eigenvalue weighted by Gasteiger charge is -2.11. The summed E-state index contributed by atoms with van der Waals surface area (Å²) in [6, 6.07) is 6.02. The molecule has 2 rings (SSSR count). The zero-order valence-electron chi connectivity index (χ0n) is 12.4. The number of rotatable bonds is 6. The third-order valence-electron chi connectivity index (χ3n) is 3.33. The van der Waals surface area contributed by atoms with E-state index in [0.29, 0.717) is 13.1 Å². The number of hydrogen-bond donors (Lipinski definition) is 1. The van der Waals surface area contributed by atoms with Crippen molar-refractivity contribution in [3.05, 3.63) is 41.0 Å². The zero-order chi connectivity index (χ0) is 14.5. The number of ether oxygens (including phenoxy) is 1. The molecular weight excluding hydrogens is 252 g/mol. The summed E-state index contributed by atoms with van der Waals surface area (Å²) in [5.74, 6) is 2.75. The van der Waals surface area contributed by atoms with E-state index < -0.39 is 0 Å². The van der Waals surface area contributed by atoms with Crippen LogP contribution >= 0.6 is 0 Å². The molecule has 2 N–H and O–H groups in total. The molecule has 0 aliphatic heterocycles. The number of aryl methyl sites for hydroxylation is 2. The molecule has 5 heteroatoms. The van der Waals surface area contributed by atoms with E-state index in [1.165, 1.54) is 0 Å².